The highest BCUT2D eigenvalue weighted by Gasteiger charge is 2.19. The first-order valence-corrected chi connectivity index (χ1v) is 10.6. The van der Waals surface area contributed by atoms with E-state index in [1.807, 2.05) is 32.2 Å². The molecule has 0 saturated carbocycles. The first-order chi connectivity index (χ1) is 14.9. The summed E-state index contributed by atoms with van der Waals surface area (Å²) in [5, 5.41) is 11.9. The Morgan fingerprint density at radius 1 is 1.03 bits per heavy atom. The fourth-order valence-corrected chi connectivity index (χ4v) is 3.80. The number of rotatable bonds is 9. The quantitative estimate of drug-likeness (QED) is 0.403. The second-order valence-corrected chi connectivity index (χ2v) is 7.69. The molecule has 0 bridgehead atoms. The van der Waals surface area contributed by atoms with E-state index in [-0.39, 0.29) is 23.5 Å². The zero-order chi connectivity index (χ0) is 22.4. The molecule has 1 atom stereocenters. The number of methoxy groups -OCH3 is 2. The van der Waals surface area contributed by atoms with Crippen LogP contribution in [0.5, 0.6) is 11.5 Å². The van der Waals surface area contributed by atoms with Gasteiger partial charge in [-0.15, -0.1) is 10.2 Å². The van der Waals surface area contributed by atoms with E-state index in [2.05, 4.69) is 15.5 Å². The number of carbonyl (C=O) groups is 2. The Kier molecular flexibility index (Phi) is 7.30. The number of ketones is 1. The van der Waals surface area contributed by atoms with Crippen molar-refractivity contribution in [1.82, 2.24) is 20.1 Å². The number of aromatic nitrogens is 3. The molecular weight excluding hydrogens is 416 g/mol. The van der Waals surface area contributed by atoms with Gasteiger partial charge in [-0.25, -0.2) is 0 Å². The summed E-state index contributed by atoms with van der Waals surface area (Å²) in [4.78, 5) is 25.0. The highest BCUT2D eigenvalue weighted by atomic mass is 32.2. The molecule has 0 aliphatic rings. The van der Waals surface area contributed by atoms with E-state index in [0.717, 1.165) is 0 Å². The lowest BCUT2D eigenvalue weighted by molar-refractivity contribution is 0.0937. The SMILES string of the molecule is COc1ccc(C(=O)CSc2nnc([C@H](C)NC(=O)c3ccccc3)n2C)cc1OC. The molecule has 1 heterocycles. The number of thioether (sulfide) groups is 1. The molecule has 0 aliphatic heterocycles. The van der Waals surface area contributed by atoms with Crippen LogP contribution in [0.4, 0.5) is 0 Å². The van der Waals surface area contributed by atoms with Gasteiger partial charge in [0.2, 0.25) is 0 Å². The Labute approximate surface area is 185 Å². The van der Waals surface area contributed by atoms with Crippen molar-refractivity contribution in [3.05, 3.63) is 65.5 Å². The van der Waals surface area contributed by atoms with E-state index in [4.69, 9.17) is 9.47 Å². The van der Waals surface area contributed by atoms with Crippen LogP contribution in [-0.2, 0) is 7.05 Å². The summed E-state index contributed by atoms with van der Waals surface area (Å²) in [5.41, 5.74) is 1.10. The van der Waals surface area contributed by atoms with Gasteiger partial charge in [-0.05, 0) is 37.3 Å². The van der Waals surface area contributed by atoms with E-state index in [9.17, 15) is 9.59 Å². The van der Waals surface area contributed by atoms with Crippen LogP contribution in [0.15, 0.2) is 53.7 Å². The van der Waals surface area contributed by atoms with Gasteiger partial charge in [0.1, 0.15) is 0 Å². The number of amides is 1. The lowest BCUT2D eigenvalue weighted by Crippen LogP contribution is -2.28. The van der Waals surface area contributed by atoms with Gasteiger partial charge in [0.25, 0.3) is 5.91 Å². The van der Waals surface area contributed by atoms with Crippen LogP contribution in [0.2, 0.25) is 0 Å². The molecule has 8 nitrogen and oxygen atoms in total. The number of carbonyl (C=O) groups excluding carboxylic acids is 2. The van der Waals surface area contributed by atoms with Crippen molar-refractivity contribution in [3.63, 3.8) is 0 Å². The number of Topliss-reactive ketones (excluding diaryl/α,β-unsaturated/α-hetero) is 1. The van der Waals surface area contributed by atoms with Gasteiger partial charge in [0.15, 0.2) is 28.3 Å². The molecule has 1 aromatic heterocycles. The van der Waals surface area contributed by atoms with Crippen LogP contribution in [0.25, 0.3) is 0 Å². The molecule has 2 aromatic carbocycles. The Hall–Kier alpha value is -3.33. The molecule has 0 aliphatic carbocycles. The summed E-state index contributed by atoms with van der Waals surface area (Å²) in [6.45, 7) is 1.84. The smallest absolute Gasteiger partial charge is 0.251 e. The van der Waals surface area contributed by atoms with E-state index >= 15 is 0 Å². The third-order valence-corrected chi connectivity index (χ3v) is 5.70. The molecular formula is C22H24N4O4S. The van der Waals surface area contributed by atoms with Crippen molar-refractivity contribution in [2.24, 2.45) is 7.05 Å². The van der Waals surface area contributed by atoms with Gasteiger partial charge in [0, 0.05) is 18.2 Å². The molecule has 162 valence electrons. The second kappa shape index (κ2) is 10.1. The van der Waals surface area contributed by atoms with Crippen molar-refractivity contribution in [2.75, 3.05) is 20.0 Å². The minimum atomic E-state index is -0.346. The molecule has 0 spiro atoms. The maximum absolute atomic E-state index is 12.6. The van der Waals surface area contributed by atoms with Crippen LogP contribution >= 0.6 is 11.8 Å². The lowest BCUT2D eigenvalue weighted by atomic mass is 10.1. The van der Waals surface area contributed by atoms with E-state index in [0.29, 0.717) is 33.6 Å². The fourth-order valence-electron chi connectivity index (χ4n) is 2.99. The van der Waals surface area contributed by atoms with Crippen molar-refractivity contribution < 1.29 is 19.1 Å². The zero-order valence-corrected chi connectivity index (χ0v) is 18.6. The number of nitrogens with zero attached hydrogens (tertiary/aromatic N) is 3. The van der Waals surface area contributed by atoms with Gasteiger partial charge in [-0.2, -0.15) is 0 Å². The summed E-state index contributed by atoms with van der Waals surface area (Å²) in [6, 6.07) is 13.7. The molecule has 0 unspecified atom stereocenters. The second-order valence-electron chi connectivity index (χ2n) is 6.74. The number of hydrogen-bond donors (Lipinski definition) is 1. The third kappa shape index (κ3) is 5.24. The highest BCUT2D eigenvalue weighted by Crippen LogP contribution is 2.28. The fraction of sp³-hybridized carbons (Fsp3) is 0.273. The lowest BCUT2D eigenvalue weighted by Gasteiger charge is -2.13. The standard InChI is InChI=1S/C22H24N4O4S/c1-14(23-21(28)15-8-6-5-7-9-15)20-24-25-22(26(20)2)31-13-17(27)16-10-11-18(29-3)19(12-16)30-4/h5-12,14H,13H2,1-4H3,(H,23,28)/t14-/m0/s1. The van der Waals surface area contributed by atoms with Crippen LogP contribution in [0.3, 0.4) is 0 Å². The maximum atomic E-state index is 12.6. The third-order valence-electron chi connectivity index (χ3n) is 4.68. The molecule has 3 aromatic rings. The summed E-state index contributed by atoms with van der Waals surface area (Å²) in [5.74, 6) is 1.60. The number of hydrogen-bond acceptors (Lipinski definition) is 7. The average molecular weight is 441 g/mol. The van der Waals surface area contributed by atoms with Crippen molar-refractivity contribution in [1.29, 1.82) is 0 Å². The van der Waals surface area contributed by atoms with E-state index < -0.39 is 0 Å². The molecule has 1 N–H and O–H groups in total. The monoisotopic (exact) mass is 440 g/mol. The van der Waals surface area contributed by atoms with Crippen molar-refractivity contribution in [3.8, 4) is 11.5 Å². The molecule has 1 amide bonds. The Bertz CT molecular complexity index is 1070. The number of nitrogens with one attached hydrogen (secondary N) is 1. The van der Waals surface area contributed by atoms with Crippen LogP contribution < -0.4 is 14.8 Å². The first kappa shape index (κ1) is 22.4. The molecule has 0 fully saturated rings. The summed E-state index contributed by atoms with van der Waals surface area (Å²) >= 11 is 1.28. The predicted octanol–water partition coefficient (Wildman–Crippen LogP) is 3.30. The van der Waals surface area contributed by atoms with Crippen LogP contribution in [-0.4, -0.2) is 46.4 Å². The Morgan fingerprint density at radius 3 is 2.42 bits per heavy atom. The van der Waals surface area contributed by atoms with Gasteiger partial charge in [-0.1, -0.05) is 30.0 Å². The minimum absolute atomic E-state index is 0.0686. The van der Waals surface area contributed by atoms with Gasteiger partial charge in [0.05, 0.1) is 26.0 Å². The largest absolute Gasteiger partial charge is 0.493 e. The first-order valence-electron chi connectivity index (χ1n) is 9.57. The van der Waals surface area contributed by atoms with Gasteiger partial charge < -0.3 is 19.4 Å². The van der Waals surface area contributed by atoms with E-state index in [1.54, 1.807) is 42.0 Å². The minimum Gasteiger partial charge on any atom is -0.493 e. The number of benzene rings is 2. The predicted molar refractivity (Wildman–Crippen MR) is 118 cm³/mol. The van der Waals surface area contributed by atoms with Crippen molar-refractivity contribution >= 4 is 23.5 Å². The molecule has 31 heavy (non-hydrogen) atoms. The Balaban J connectivity index is 1.64. The van der Waals surface area contributed by atoms with Gasteiger partial charge >= 0.3 is 0 Å². The molecule has 3 rings (SSSR count). The average Bonchev–Trinajstić information content (AvgIpc) is 3.17. The topological polar surface area (TPSA) is 95.3 Å². The zero-order valence-electron chi connectivity index (χ0n) is 17.8. The summed E-state index contributed by atoms with van der Waals surface area (Å²) in [7, 11) is 4.88. The number of ether oxygens (including phenoxy) is 2. The normalized spacial score (nSPS) is 11.6. The molecule has 9 heteroatoms. The summed E-state index contributed by atoms with van der Waals surface area (Å²) in [6.07, 6.45) is 0. The van der Waals surface area contributed by atoms with Gasteiger partial charge in [-0.3, -0.25) is 9.59 Å². The molecule has 0 saturated heterocycles. The summed E-state index contributed by atoms with van der Waals surface area (Å²) < 4.78 is 12.2. The molecule has 0 radical (unpaired) electrons. The van der Waals surface area contributed by atoms with Crippen molar-refractivity contribution in [2.45, 2.75) is 18.1 Å². The Morgan fingerprint density at radius 2 is 1.74 bits per heavy atom. The van der Waals surface area contributed by atoms with Crippen LogP contribution in [0, 0.1) is 0 Å². The maximum Gasteiger partial charge on any atom is 0.251 e. The highest BCUT2D eigenvalue weighted by molar-refractivity contribution is 7.99. The van der Waals surface area contributed by atoms with E-state index in [1.165, 1.54) is 18.9 Å². The van der Waals surface area contributed by atoms with Crippen LogP contribution in [0.1, 0.15) is 39.5 Å².